The summed E-state index contributed by atoms with van der Waals surface area (Å²) in [6, 6.07) is 10.0. The highest BCUT2D eigenvalue weighted by Crippen LogP contribution is 2.17. The van der Waals surface area contributed by atoms with Gasteiger partial charge in [-0.3, -0.25) is 0 Å². The summed E-state index contributed by atoms with van der Waals surface area (Å²) in [6.07, 6.45) is 0. The first-order valence-electron chi connectivity index (χ1n) is 6.67. The van der Waals surface area contributed by atoms with E-state index in [1.165, 1.54) is 0 Å². The predicted molar refractivity (Wildman–Crippen MR) is 80.6 cm³/mol. The Morgan fingerprint density at radius 1 is 1.19 bits per heavy atom. The SMILES string of the molecule is CCOc1nc(Cl)nc(N(CCO)Cc2ccccc2)n1. The van der Waals surface area contributed by atoms with Gasteiger partial charge in [0.15, 0.2) is 0 Å². The zero-order valence-corrected chi connectivity index (χ0v) is 12.5. The highest BCUT2D eigenvalue weighted by molar-refractivity contribution is 6.28. The van der Waals surface area contributed by atoms with Crippen LogP contribution in [0.4, 0.5) is 5.95 Å². The van der Waals surface area contributed by atoms with Gasteiger partial charge in [0.2, 0.25) is 11.2 Å². The van der Waals surface area contributed by atoms with Crippen molar-refractivity contribution in [1.29, 1.82) is 0 Å². The van der Waals surface area contributed by atoms with Gasteiger partial charge < -0.3 is 14.7 Å². The minimum atomic E-state index is -0.0138. The van der Waals surface area contributed by atoms with E-state index in [9.17, 15) is 5.11 Å². The zero-order chi connectivity index (χ0) is 15.1. The summed E-state index contributed by atoms with van der Waals surface area (Å²) >= 11 is 5.90. The molecule has 1 aromatic carbocycles. The van der Waals surface area contributed by atoms with Gasteiger partial charge in [-0.1, -0.05) is 30.3 Å². The quantitative estimate of drug-likeness (QED) is 0.842. The van der Waals surface area contributed by atoms with Crippen LogP contribution in [0.25, 0.3) is 0 Å². The first-order chi connectivity index (χ1) is 10.2. The Morgan fingerprint density at radius 2 is 1.95 bits per heavy atom. The number of benzene rings is 1. The van der Waals surface area contributed by atoms with E-state index >= 15 is 0 Å². The van der Waals surface area contributed by atoms with Crippen molar-refractivity contribution in [3.8, 4) is 6.01 Å². The first-order valence-corrected chi connectivity index (χ1v) is 7.05. The van der Waals surface area contributed by atoms with E-state index in [1.807, 2.05) is 42.2 Å². The maximum absolute atomic E-state index is 9.24. The molecule has 7 heteroatoms. The lowest BCUT2D eigenvalue weighted by Gasteiger charge is -2.21. The van der Waals surface area contributed by atoms with Crippen molar-refractivity contribution in [3.63, 3.8) is 0 Å². The highest BCUT2D eigenvalue weighted by Gasteiger charge is 2.13. The van der Waals surface area contributed by atoms with Gasteiger partial charge >= 0.3 is 6.01 Å². The molecule has 2 aromatic rings. The molecule has 0 amide bonds. The second-order valence-corrected chi connectivity index (χ2v) is 4.59. The molecule has 1 N–H and O–H groups in total. The Morgan fingerprint density at radius 3 is 2.62 bits per heavy atom. The van der Waals surface area contributed by atoms with Crippen LogP contribution in [0, 0.1) is 0 Å². The van der Waals surface area contributed by atoms with Crippen LogP contribution >= 0.6 is 11.6 Å². The minimum absolute atomic E-state index is 0.0138. The summed E-state index contributed by atoms with van der Waals surface area (Å²) < 4.78 is 5.27. The van der Waals surface area contributed by atoms with E-state index in [4.69, 9.17) is 16.3 Å². The van der Waals surface area contributed by atoms with Crippen molar-refractivity contribution in [1.82, 2.24) is 15.0 Å². The maximum Gasteiger partial charge on any atom is 0.322 e. The number of aromatic nitrogens is 3. The Labute approximate surface area is 128 Å². The fraction of sp³-hybridized carbons (Fsp3) is 0.357. The van der Waals surface area contributed by atoms with Crippen molar-refractivity contribution >= 4 is 17.5 Å². The standard InChI is InChI=1S/C14H17ClN4O2/c1-2-21-14-17-12(15)16-13(18-14)19(8-9-20)10-11-6-4-3-5-7-11/h3-7,20H,2,8-10H2,1H3. The van der Waals surface area contributed by atoms with Crippen molar-refractivity contribution in [2.75, 3.05) is 24.7 Å². The summed E-state index contributed by atoms with van der Waals surface area (Å²) in [5, 5.41) is 9.31. The first kappa shape index (κ1) is 15.5. The van der Waals surface area contributed by atoms with Gasteiger partial charge in [0.1, 0.15) is 0 Å². The van der Waals surface area contributed by atoms with Crippen LogP contribution in [0.1, 0.15) is 12.5 Å². The molecule has 0 aliphatic carbocycles. The molecule has 0 saturated carbocycles. The molecule has 112 valence electrons. The molecule has 0 unspecified atom stereocenters. The number of aliphatic hydroxyl groups is 1. The number of ether oxygens (including phenoxy) is 1. The highest BCUT2D eigenvalue weighted by atomic mass is 35.5. The third-order valence-corrected chi connectivity index (χ3v) is 2.89. The number of aliphatic hydroxyl groups excluding tert-OH is 1. The molecule has 0 aliphatic heterocycles. The fourth-order valence-electron chi connectivity index (χ4n) is 1.83. The van der Waals surface area contributed by atoms with Crippen molar-refractivity contribution in [2.24, 2.45) is 0 Å². The van der Waals surface area contributed by atoms with Crippen LogP contribution in [0.5, 0.6) is 6.01 Å². The summed E-state index contributed by atoms with van der Waals surface area (Å²) in [6.45, 7) is 3.22. The lowest BCUT2D eigenvalue weighted by Crippen LogP contribution is -2.28. The van der Waals surface area contributed by atoms with Gasteiger partial charge in [-0.05, 0) is 24.1 Å². The second kappa shape index (κ2) is 7.75. The number of hydrogen-bond donors (Lipinski definition) is 1. The van der Waals surface area contributed by atoms with Gasteiger partial charge in [-0.15, -0.1) is 0 Å². The van der Waals surface area contributed by atoms with Gasteiger partial charge in [0.05, 0.1) is 13.2 Å². The van der Waals surface area contributed by atoms with E-state index in [2.05, 4.69) is 15.0 Å². The number of rotatable bonds is 7. The normalized spacial score (nSPS) is 10.4. The summed E-state index contributed by atoms with van der Waals surface area (Å²) in [5.41, 5.74) is 1.08. The number of nitrogens with zero attached hydrogens (tertiary/aromatic N) is 4. The molecule has 0 fully saturated rings. The number of anilines is 1. The third kappa shape index (κ3) is 4.54. The van der Waals surface area contributed by atoms with E-state index in [1.54, 1.807) is 0 Å². The summed E-state index contributed by atoms with van der Waals surface area (Å²) in [4.78, 5) is 14.1. The molecule has 0 spiro atoms. The maximum atomic E-state index is 9.24. The Hall–Kier alpha value is -1.92. The molecule has 21 heavy (non-hydrogen) atoms. The molecule has 1 heterocycles. The minimum Gasteiger partial charge on any atom is -0.464 e. The Bertz CT molecular complexity index is 568. The molecule has 0 bridgehead atoms. The summed E-state index contributed by atoms with van der Waals surface area (Å²) in [5.74, 6) is 0.386. The third-order valence-electron chi connectivity index (χ3n) is 2.72. The average Bonchev–Trinajstić information content (AvgIpc) is 2.48. The van der Waals surface area contributed by atoms with Crippen molar-refractivity contribution in [3.05, 3.63) is 41.2 Å². The molecule has 2 rings (SSSR count). The zero-order valence-electron chi connectivity index (χ0n) is 11.7. The van der Waals surface area contributed by atoms with E-state index in [0.29, 0.717) is 25.6 Å². The predicted octanol–water partition coefficient (Wildman–Crippen LogP) is 1.92. The molecule has 0 saturated heterocycles. The van der Waals surface area contributed by atoms with Crippen LogP contribution in [-0.2, 0) is 6.54 Å². The molecule has 0 aliphatic rings. The number of halogens is 1. The van der Waals surface area contributed by atoms with Crippen LogP contribution in [0.15, 0.2) is 30.3 Å². The lowest BCUT2D eigenvalue weighted by atomic mass is 10.2. The lowest BCUT2D eigenvalue weighted by molar-refractivity contribution is 0.298. The van der Waals surface area contributed by atoms with E-state index in [0.717, 1.165) is 5.56 Å². The van der Waals surface area contributed by atoms with Gasteiger partial charge in [0.25, 0.3) is 0 Å². The smallest absolute Gasteiger partial charge is 0.322 e. The van der Waals surface area contributed by atoms with E-state index in [-0.39, 0.29) is 17.9 Å². The Kier molecular flexibility index (Phi) is 5.71. The monoisotopic (exact) mass is 308 g/mol. The second-order valence-electron chi connectivity index (χ2n) is 4.25. The molecule has 0 radical (unpaired) electrons. The van der Waals surface area contributed by atoms with Gasteiger partial charge in [-0.25, -0.2) is 0 Å². The molecule has 6 nitrogen and oxygen atoms in total. The number of hydrogen-bond acceptors (Lipinski definition) is 6. The van der Waals surface area contributed by atoms with Crippen molar-refractivity contribution in [2.45, 2.75) is 13.5 Å². The largest absolute Gasteiger partial charge is 0.464 e. The van der Waals surface area contributed by atoms with Gasteiger partial charge in [0, 0.05) is 13.1 Å². The Balaban J connectivity index is 2.24. The van der Waals surface area contributed by atoms with Crippen LogP contribution in [0.2, 0.25) is 5.28 Å². The molecule has 1 aromatic heterocycles. The molecular formula is C14H17ClN4O2. The molecule has 0 atom stereocenters. The van der Waals surface area contributed by atoms with Crippen LogP contribution in [0.3, 0.4) is 0 Å². The fourth-order valence-corrected chi connectivity index (χ4v) is 1.98. The van der Waals surface area contributed by atoms with Crippen LogP contribution in [-0.4, -0.2) is 39.8 Å². The molecular weight excluding hydrogens is 292 g/mol. The van der Waals surface area contributed by atoms with Gasteiger partial charge in [-0.2, -0.15) is 15.0 Å². The van der Waals surface area contributed by atoms with E-state index < -0.39 is 0 Å². The van der Waals surface area contributed by atoms with Crippen molar-refractivity contribution < 1.29 is 9.84 Å². The summed E-state index contributed by atoms with van der Waals surface area (Å²) in [7, 11) is 0. The topological polar surface area (TPSA) is 71.4 Å². The average molecular weight is 309 g/mol. The van der Waals surface area contributed by atoms with Crippen LogP contribution < -0.4 is 9.64 Å².